The minimum Gasteiger partial charge on any atom is -0.493 e. The Labute approximate surface area is 297 Å². The van der Waals surface area contributed by atoms with E-state index in [2.05, 4.69) is 59.5 Å². The van der Waals surface area contributed by atoms with Gasteiger partial charge in [0.15, 0.2) is 11.5 Å². The first kappa shape index (κ1) is 33.6. The normalized spacial score (nSPS) is 14.9. The van der Waals surface area contributed by atoms with Crippen molar-refractivity contribution in [3.05, 3.63) is 108 Å². The summed E-state index contributed by atoms with van der Waals surface area (Å²) in [6, 6.07) is 30.9. The van der Waals surface area contributed by atoms with Crippen LogP contribution in [0.25, 0.3) is 20.5 Å². The molecule has 258 valence electrons. The average molecular weight is 691 g/mol. The van der Waals surface area contributed by atoms with Crippen LogP contribution in [0.4, 0.5) is 0 Å². The van der Waals surface area contributed by atoms with E-state index in [-0.39, 0.29) is 37.8 Å². The van der Waals surface area contributed by atoms with Crippen molar-refractivity contribution in [1.29, 1.82) is 0 Å². The van der Waals surface area contributed by atoms with E-state index in [4.69, 9.17) is 18.9 Å². The van der Waals surface area contributed by atoms with Crippen LogP contribution in [0.1, 0.15) is 42.4 Å². The van der Waals surface area contributed by atoms with Crippen LogP contribution in [0.3, 0.4) is 0 Å². The Morgan fingerprint density at radius 3 is 2.20 bits per heavy atom. The van der Waals surface area contributed by atoms with Gasteiger partial charge in [0.1, 0.15) is 31.3 Å². The number of hydrogen-bond acceptors (Lipinski definition) is 8. The van der Waals surface area contributed by atoms with Gasteiger partial charge in [0, 0.05) is 29.0 Å². The molecule has 4 aromatic carbocycles. The molecular formula is C41H42N2O6S. The summed E-state index contributed by atoms with van der Waals surface area (Å²) in [5.74, 6) is 2.61. The molecule has 0 N–H and O–H groups in total. The molecule has 2 aliphatic rings. The van der Waals surface area contributed by atoms with Gasteiger partial charge in [0.25, 0.3) is 0 Å². The highest BCUT2D eigenvalue weighted by Gasteiger charge is 2.28. The first-order valence-electron chi connectivity index (χ1n) is 17.3. The maximum Gasteiger partial charge on any atom is 0.229 e. The quantitative estimate of drug-likeness (QED) is 0.104. The van der Waals surface area contributed by atoms with Gasteiger partial charge in [-0.05, 0) is 115 Å². The molecule has 0 unspecified atom stereocenters. The third kappa shape index (κ3) is 7.95. The van der Waals surface area contributed by atoms with Crippen LogP contribution in [-0.2, 0) is 22.6 Å². The third-order valence-electron chi connectivity index (χ3n) is 9.34. The lowest BCUT2D eigenvalue weighted by molar-refractivity contribution is -0.138. The second-order valence-corrected chi connectivity index (χ2v) is 13.8. The van der Waals surface area contributed by atoms with Crippen molar-refractivity contribution in [2.45, 2.75) is 38.7 Å². The lowest BCUT2D eigenvalue weighted by Crippen LogP contribution is -2.33. The van der Waals surface area contributed by atoms with E-state index in [9.17, 15) is 9.59 Å². The van der Waals surface area contributed by atoms with E-state index in [1.54, 1.807) is 18.4 Å². The van der Waals surface area contributed by atoms with Gasteiger partial charge in [-0.2, -0.15) is 0 Å². The van der Waals surface area contributed by atoms with Gasteiger partial charge in [-0.25, -0.2) is 0 Å². The molecule has 0 spiro atoms. The number of carbonyl (C=O) groups is 2. The largest absolute Gasteiger partial charge is 0.493 e. The zero-order chi connectivity index (χ0) is 34.3. The molecule has 0 radical (unpaired) electrons. The number of rotatable bonds is 15. The summed E-state index contributed by atoms with van der Waals surface area (Å²) in [5, 5.41) is 1.18. The fourth-order valence-electron chi connectivity index (χ4n) is 6.64. The molecule has 3 heterocycles. The number of methoxy groups -OCH3 is 1. The maximum atomic E-state index is 12.0. The van der Waals surface area contributed by atoms with Crippen molar-refractivity contribution in [3.8, 4) is 33.4 Å². The van der Waals surface area contributed by atoms with Crippen molar-refractivity contribution in [1.82, 2.24) is 9.80 Å². The first-order valence-corrected chi connectivity index (χ1v) is 18.2. The minimum absolute atomic E-state index is 0.144. The highest BCUT2D eigenvalue weighted by molar-refractivity contribution is 7.22. The number of thiophene rings is 1. The molecule has 2 fully saturated rings. The molecule has 50 heavy (non-hydrogen) atoms. The predicted octanol–water partition coefficient (Wildman–Crippen LogP) is 7.75. The molecule has 9 heteroatoms. The van der Waals surface area contributed by atoms with Crippen LogP contribution in [0.15, 0.2) is 91.0 Å². The topological polar surface area (TPSA) is 77.5 Å². The Morgan fingerprint density at radius 2 is 1.44 bits per heavy atom. The Hall–Kier alpha value is -4.86. The molecule has 0 aliphatic carbocycles. The number of likely N-dealkylation sites (tertiary alicyclic amines) is 2. The zero-order valence-electron chi connectivity index (χ0n) is 28.4. The fraction of sp³-hybridized carbons (Fsp3) is 0.317. The Morgan fingerprint density at radius 1 is 0.700 bits per heavy atom. The van der Waals surface area contributed by atoms with Crippen LogP contribution in [0, 0.1) is 0 Å². The van der Waals surface area contributed by atoms with Gasteiger partial charge < -0.3 is 18.9 Å². The van der Waals surface area contributed by atoms with E-state index in [1.165, 1.54) is 46.7 Å². The van der Waals surface area contributed by atoms with Crippen LogP contribution >= 0.6 is 11.3 Å². The van der Waals surface area contributed by atoms with Gasteiger partial charge in [-0.1, -0.05) is 36.4 Å². The SMILES string of the molecule is COc1cc(Cc2c(-c3ccc(OCCN4CCCC4)cc3)sc3cc(OCc4ccccc4)ccc23)ccc1OCCN1C(=O)CCC1=O. The van der Waals surface area contributed by atoms with Gasteiger partial charge in [0.05, 0.1) is 13.7 Å². The average Bonchev–Trinajstić information content (AvgIpc) is 3.88. The van der Waals surface area contributed by atoms with Crippen LogP contribution < -0.4 is 18.9 Å². The maximum absolute atomic E-state index is 12.0. The lowest BCUT2D eigenvalue weighted by atomic mass is 9.98. The smallest absolute Gasteiger partial charge is 0.229 e. The lowest BCUT2D eigenvalue weighted by Gasteiger charge is -2.16. The number of carbonyl (C=O) groups excluding carboxylic acids is 2. The van der Waals surface area contributed by atoms with E-state index in [0.717, 1.165) is 39.4 Å². The second kappa shape index (κ2) is 15.8. The molecule has 8 nitrogen and oxygen atoms in total. The Balaban J connectivity index is 1.11. The number of amides is 2. The van der Waals surface area contributed by atoms with E-state index < -0.39 is 0 Å². The van der Waals surface area contributed by atoms with Gasteiger partial charge in [-0.3, -0.25) is 19.4 Å². The van der Waals surface area contributed by atoms with Crippen molar-refractivity contribution in [2.75, 3.05) is 46.5 Å². The van der Waals surface area contributed by atoms with Gasteiger partial charge >= 0.3 is 0 Å². The van der Waals surface area contributed by atoms with Crippen LogP contribution in [-0.4, -0.2) is 68.1 Å². The number of benzene rings is 4. The second-order valence-electron chi connectivity index (χ2n) is 12.7. The van der Waals surface area contributed by atoms with E-state index >= 15 is 0 Å². The van der Waals surface area contributed by atoms with E-state index in [0.29, 0.717) is 31.1 Å². The highest BCUT2D eigenvalue weighted by Crippen LogP contribution is 2.42. The van der Waals surface area contributed by atoms with Gasteiger partial charge in [-0.15, -0.1) is 11.3 Å². The summed E-state index contributed by atoms with van der Waals surface area (Å²) >= 11 is 1.77. The summed E-state index contributed by atoms with van der Waals surface area (Å²) in [7, 11) is 1.62. The van der Waals surface area contributed by atoms with Crippen molar-refractivity contribution in [3.63, 3.8) is 0 Å². The minimum atomic E-state index is -0.144. The predicted molar refractivity (Wildman–Crippen MR) is 196 cm³/mol. The standard InChI is InChI=1S/C41H42N2O6S/c1-46-37-26-30(9-16-36(37)48-24-22-43-39(44)17-18-40(43)45)25-35-34-15-14-33(49-28-29-7-3-2-4-8-29)27-38(34)50-41(35)31-10-12-32(13-11-31)47-23-21-42-19-5-6-20-42/h2-4,7-16,26-27H,5-6,17-25,28H2,1H3. The van der Waals surface area contributed by atoms with E-state index in [1.807, 2.05) is 36.4 Å². The molecule has 1 aromatic heterocycles. The summed E-state index contributed by atoms with van der Waals surface area (Å²) in [5.41, 5.74) is 4.57. The fourth-order valence-corrected chi connectivity index (χ4v) is 7.89. The van der Waals surface area contributed by atoms with Crippen molar-refractivity contribution >= 4 is 33.2 Å². The molecule has 2 aliphatic heterocycles. The monoisotopic (exact) mass is 690 g/mol. The number of fused-ring (bicyclic) bond motifs is 1. The highest BCUT2D eigenvalue weighted by atomic mass is 32.1. The summed E-state index contributed by atoms with van der Waals surface area (Å²) in [4.78, 5) is 28.9. The Kier molecular flexibility index (Phi) is 10.6. The van der Waals surface area contributed by atoms with Crippen LogP contribution in [0.5, 0.6) is 23.0 Å². The molecule has 0 atom stereocenters. The van der Waals surface area contributed by atoms with Gasteiger partial charge in [0.2, 0.25) is 11.8 Å². The number of imide groups is 1. The van der Waals surface area contributed by atoms with Crippen molar-refractivity contribution < 1.29 is 28.5 Å². The molecule has 2 saturated heterocycles. The number of hydrogen-bond donors (Lipinski definition) is 0. The number of ether oxygens (including phenoxy) is 4. The molecule has 0 saturated carbocycles. The zero-order valence-corrected chi connectivity index (χ0v) is 29.2. The summed E-state index contributed by atoms with van der Waals surface area (Å²) in [6.45, 7) is 4.93. The molecule has 0 bridgehead atoms. The number of nitrogens with zero attached hydrogens (tertiary/aromatic N) is 2. The summed E-state index contributed by atoms with van der Waals surface area (Å²) in [6.07, 6.45) is 3.79. The summed E-state index contributed by atoms with van der Waals surface area (Å²) < 4.78 is 25.2. The molecule has 5 aromatic rings. The van der Waals surface area contributed by atoms with Crippen LogP contribution in [0.2, 0.25) is 0 Å². The molecule has 7 rings (SSSR count). The Bertz CT molecular complexity index is 1920. The molecular weight excluding hydrogens is 649 g/mol. The first-order chi connectivity index (χ1) is 24.5. The third-order valence-corrected chi connectivity index (χ3v) is 10.6. The van der Waals surface area contributed by atoms with Crippen molar-refractivity contribution in [2.24, 2.45) is 0 Å². The molecule has 2 amide bonds.